The van der Waals surface area contributed by atoms with Gasteiger partial charge in [-0.05, 0) is 38.3 Å². The Morgan fingerprint density at radius 1 is 1.00 bits per heavy atom. The monoisotopic (exact) mass is 392 g/mol. The zero-order chi connectivity index (χ0) is 20.6. The average Bonchev–Trinajstić information content (AvgIpc) is 3.16. The molecule has 0 bridgehead atoms. The van der Waals surface area contributed by atoms with E-state index in [1.807, 2.05) is 68.6 Å². The number of benzene rings is 2. The first kappa shape index (κ1) is 20.6. The maximum atomic E-state index is 12.9. The number of hydrogen-bond acceptors (Lipinski definition) is 3. The Bertz CT molecular complexity index is 945. The van der Waals surface area contributed by atoms with Crippen molar-refractivity contribution in [1.29, 1.82) is 0 Å². The van der Waals surface area contributed by atoms with E-state index in [0.717, 1.165) is 11.9 Å². The lowest BCUT2D eigenvalue weighted by Gasteiger charge is -2.25. The van der Waals surface area contributed by atoms with Crippen molar-refractivity contribution in [3.8, 4) is 0 Å². The number of hydrogen-bond donors (Lipinski definition) is 1. The van der Waals surface area contributed by atoms with Gasteiger partial charge in [-0.15, -0.1) is 0 Å². The lowest BCUT2D eigenvalue weighted by molar-refractivity contribution is -0.160. The maximum Gasteiger partial charge on any atom is 0.306 e. The van der Waals surface area contributed by atoms with E-state index in [9.17, 15) is 9.59 Å². The summed E-state index contributed by atoms with van der Waals surface area (Å²) in [5.41, 5.74) is 2.99. The first-order valence-corrected chi connectivity index (χ1v) is 10.2. The Hall–Kier alpha value is -3.08. The molecule has 0 fully saturated rings. The highest BCUT2D eigenvalue weighted by Crippen LogP contribution is 2.23. The minimum atomic E-state index is -0.892. The Morgan fingerprint density at radius 2 is 1.69 bits per heavy atom. The quantitative estimate of drug-likeness (QED) is 0.540. The lowest BCUT2D eigenvalue weighted by atomic mass is 10.1. The largest absolute Gasteiger partial charge is 0.447 e. The fourth-order valence-corrected chi connectivity index (χ4v) is 3.54. The summed E-state index contributed by atoms with van der Waals surface area (Å²) >= 11 is 0. The fourth-order valence-electron chi connectivity index (χ4n) is 3.54. The maximum absolute atomic E-state index is 12.9. The van der Waals surface area contributed by atoms with Crippen LogP contribution in [0.2, 0.25) is 0 Å². The van der Waals surface area contributed by atoms with Crippen LogP contribution in [0.5, 0.6) is 0 Å². The number of aromatic amines is 1. The molecular weight excluding hydrogens is 364 g/mol. The number of carbonyl (C=O) groups excluding carboxylic acids is 2. The van der Waals surface area contributed by atoms with E-state index in [2.05, 4.69) is 11.1 Å². The molecule has 3 aromatic rings. The second-order valence-electron chi connectivity index (χ2n) is 7.00. The number of fused-ring (bicyclic) bond motifs is 1. The third-order valence-corrected chi connectivity index (χ3v) is 5.15. The highest BCUT2D eigenvalue weighted by molar-refractivity contribution is 5.85. The van der Waals surface area contributed by atoms with E-state index < -0.39 is 6.10 Å². The van der Waals surface area contributed by atoms with Gasteiger partial charge in [0, 0.05) is 42.2 Å². The standard InChI is InChI=1S/C24H28N2O3/c1-3-26(4-2)24(28)23(18-11-6-5-7-12-18)29-22(27)16-10-13-19-17-25-21-15-9-8-14-20(19)21/h5-9,11-12,14-15,17,23,25H,3-4,10,13,16H2,1-2H3/t23-/m0/s1. The summed E-state index contributed by atoms with van der Waals surface area (Å²) in [6.45, 7) is 5.01. The highest BCUT2D eigenvalue weighted by atomic mass is 16.5. The number of esters is 1. The topological polar surface area (TPSA) is 62.4 Å². The second-order valence-corrected chi connectivity index (χ2v) is 7.00. The van der Waals surface area contributed by atoms with Crippen molar-refractivity contribution >= 4 is 22.8 Å². The van der Waals surface area contributed by atoms with Crippen LogP contribution in [0, 0.1) is 0 Å². The van der Waals surface area contributed by atoms with Crippen molar-refractivity contribution in [3.05, 3.63) is 71.9 Å². The van der Waals surface area contributed by atoms with E-state index >= 15 is 0 Å². The van der Waals surface area contributed by atoms with Crippen molar-refractivity contribution in [2.24, 2.45) is 0 Å². The van der Waals surface area contributed by atoms with Crippen LogP contribution < -0.4 is 0 Å². The number of carbonyl (C=O) groups is 2. The van der Waals surface area contributed by atoms with Crippen molar-refractivity contribution in [1.82, 2.24) is 9.88 Å². The van der Waals surface area contributed by atoms with Crippen molar-refractivity contribution in [2.75, 3.05) is 13.1 Å². The predicted molar refractivity (Wildman–Crippen MR) is 114 cm³/mol. The lowest BCUT2D eigenvalue weighted by Crippen LogP contribution is -2.36. The number of para-hydroxylation sites is 1. The van der Waals surface area contributed by atoms with Gasteiger partial charge in [0.2, 0.25) is 6.10 Å². The number of likely N-dealkylation sites (N-methyl/N-ethyl adjacent to an activating group) is 1. The molecule has 0 saturated heterocycles. The average molecular weight is 392 g/mol. The predicted octanol–water partition coefficient (Wildman–Crippen LogP) is 4.64. The Balaban J connectivity index is 1.63. The normalized spacial score (nSPS) is 11.9. The van der Waals surface area contributed by atoms with Crippen LogP contribution >= 0.6 is 0 Å². The van der Waals surface area contributed by atoms with Gasteiger partial charge in [0.05, 0.1) is 0 Å². The number of amides is 1. The van der Waals surface area contributed by atoms with Gasteiger partial charge in [0.1, 0.15) is 0 Å². The third kappa shape index (κ3) is 5.05. The number of aryl methyl sites for hydroxylation is 1. The molecule has 0 aliphatic carbocycles. The molecule has 1 heterocycles. The molecule has 1 atom stereocenters. The molecular formula is C24H28N2O3. The van der Waals surface area contributed by atoms with Crippen LogP contribution in [-0.2, 0) is 20.7 Å². The third-order valence-electron chi connectivity index (χ3n) is 5.15. The SMILES string of the molecule is CCN(CC)C(=O)[C@@H](OC(=O)CCCc1c[nH]c2ccccc12)c1ccccc1. The molecule has 2 aromatic carbocycles. The van der Waals surface area contributed by atoms with E-state index in [1.165, 1.54) is 10.9 Å². The zero-order valence-electron chi connectivity index (χ0n) is 17.1. The number of nitrogens with one attached hydrogen (secondary N) is 1. The van der Waals surface area contributed by atoms with Gasteiger partial charge in [-0.1, -0.05) is 48.5 Å². The van der Waals surface area contributed by atoms with Crippen molar-refractivity contribution in [2.45, 2.75) is 39.2 Å². The van der Waals surface area contributed by atoms with Crippen LogP contribution in [0.15, 0.2) is 60.8 Å². The number of aromatic nitrogens is 1. The number of nitrogens with zero attached hydrogens (tertiary/aromatic N) is 1. The summed E-state index contributed by atoms with van der Waals surface area (Å²) in [5, 5.41) is 1.18. The molecule has 0 aliphatic heterocycles. The highest BCUT2D eigenvalue weighted by Gasteiger charge is 2.28. The van der Waals surface area contributed by atoms with Crippen LogP contribution in [-0.4, -0.2) is 34.8 Å². The van der Waals surface area contributed by atoms with Crippen molar-refractivity contribution < 1.29 is 14.3 Å². The van der Waals surface area contributed by atoms with Gasteiger partial charge in [-0.2, -0.15) is 0 Å². The van der Waals surface area contributed by atoms with Crippen molar-refractivity contribution in [3.63, 3.8) is 0 Å². The smallest absolute Gasteiger partial charge is 0.306 e. The van der Waals surface area contributed by atoms with Crippen LogP contribution in [0.4, 0.5) is 0 Å². The first-order chi connectivity index (χ1) is 14.1. The van der Waals surface area contributed by atoms with Crippen LogP contribution in [0.1, 0.15) is 43.9 Å². The number of rotatable bonds is 9. The molecule has 29 heavy (non-hydrogen) atoms. The molecule has 0 spiro atoms. The molecule has 1 N–H and O–H groups in total. The molecule has 1 amide bonds. The minimum Gasteiger partial charge on any atom is -0.447 e. The van der Waals surface area contributed by atoms with E-state index in [4.69, 9.17) is 4.74 Å². The molecule has 0 radical (unpaired) electrons. The molecule has 0 unspecified atom stereocenters. The summed E-state index contributed by atoms with van der Waals surface area (Å²) < 4.78 is 5.65. The van der Waals surface area contributed by atoms with Gasteiger partial charge < -0.3 is 14.6 Å². The van der Waals surface area contributed by atoms with Gasteiger partial charge in [-0.3, -0.25) is 9.59 Å². The van der Waals surface area contributed by atoms with Crippen LogP contribution in [0.25, 0.3) is 10.9 Å². The summed E-state index contributed by atoms with van der Waals surface area (Å²) in [5.74, 6) is -0.523. The van der Waals surface area contributed by atoms with Gasteiger partial charge >= 0.3 is 5.97 Å². The van der Waals surface area contributed by atoms with E-state index in [0.29, 0.717) is 25.1 Å². The summed E-state index contributed by atoms with van der Waals surface area (Å²) in [4.78, 5) is 30.4. The second kappa shape index (κ2) is 9.92. The molecule has 5 nitrogen and oxygen atoms in total. The fraction of sp³-hybridized carbons (Fsp3) is 0.333. The summed E-state index contributed by atoms with van der Waals surface area (Å²) in [7, 11) is 0. The number of ether oxygens (including phenoxy) is 1. The van der Waals surface area contributed by atoms with Gasteiger partial charge in [0.25, 0.3) is 5.91 Å². The first-order valence-electron chi connectivity index (χ1n) is 10.2. The summed E-state index contributed by atoms with van der Waals surface area (Å²) in [6, 6.07) is 17.4. The van der Waals surface area contributed by atoms with Gasteiger partial charge in [0.15, 0.2) is 0 Å². The molecule has 152 valence electrons. The Kier molecular flexibility index (Phi) is 7.06. The van der Waals surface area contributed by atoms with Crippen LogP contribution in [0.3, 0.4) is 0 Å². The minimum absolute atomic E-state index is 0.175. The van der Waals surface area contributed by atoms with E-state index in [-0.39, 0.29) is 18.3 Å². The Labute approximate surface area is 171 Å². The molecule has 5 heteroatoms. The molecule has 1 aromatic heterocycles. The molecule has 0 saturated carbocycles. The molecule has 0 aliphatic rings. The van der Waals surface area contributed by atoms with E-state index in [1.54, 1.807) is 4.90 Å². The molecule has 3 rings (SSSR count). The Morgan fingerprint density at radius 3 is 2.41 bits per heavy atom. The summed E-state index contributed by atoms with van der Waals surface area (Å²) in [6.07, 6.45) is 2.82. The van der Waals surface area contributed by atoms with Gasteiger partial charge in [-0.25, -0.2) is 0 Å². The zero-order valence-corrected chi connectivity index (χ0v) is 17.1. The number of H-pyrrole nitrogens is 1.